The van der Waals surface area contributed by atoms with Crippen molar-refractivity contribution in [1.29, 1.82) is 0 Å². The fraction of sp³-hybridized carbons (Fsp3) is 1.00. The first-order valence-corrected chi connectivity index (χ1v) is 12.8. The maximum absolute atomic E-state index is 5.18. The smallest absolute Gasteiger partial charge is 0.0986 e. The summed E-state index contributed by atoms with van der Waals surface area (Å²) in [4.78, 5) is 4.82. The van der Waals surface area contributed by atoms with Gasteiger partial charge in [0.2, 0.25) is 0 Å². The van der Waals surface area contributed by atoms with Gasteiger partial charge in [-0.25, -0.2) is 0 Å². The highest BCUT2D eigenvalue weighted by Crippen LogP contribution is 2.39. The van der Waals surface area contributed by atoms with Crippen LogP contribution in [0.25, 0.3) is 0 Å². The Morgan fingerprint density at radius 2 is 1.00 bits per heavy atom. The van der Waals surface area contributed by atoms with Crippen molar-refractivity contribution in [2.45, 2.75) is 105 Å². The zero-order valence-electron chi connectivity index (χ0n) is 22.8. The first kappa shape index (κ1) is 28.9. The molecule has 4 heteroatoms. The van der Waals surface area contributed by atoms with Gasteiger partial charge in [0, 0.05) is 32.8 Å². The fourth-order valence-electron chi connectivity index (χ4n) is 5.49. The minimum Gasteiger partial charge on any atom is -0.383 e. The van der Waals surface area contributed by atoms with Gasteiger partial charge >= 0.3 is 0 Å². The summed E-state index contributed by atoms with van der Waals surface area (Å²) in [7, 11) is 7.97. The molecule has 0 saturated heterocycles. The summed E-state index contributed by atoms with van der Waals surface area (Å²) in [5.74, 6) is 1.82. The molecule has 0 spiro atoms. The molecule has 2 saturated carbocycles. The number of rotatable bonds is 7. The molecular formula is C27H56N2O2. The second-order valence-corrected chi connectivity index (χ2v) is 12.4. The van der Waals surface area contributed by atoms with Crippen LogP contribution in [0.3, 0.4) is 0 Å². The molecule has 0 amide bonds. The Balaban J connectivity index is 0.000000311. The van der Waals surface area contributed by atoms with Crippen LogP contribution in [0.15, 0.2) is 0 Å². The van der Waals surface area contributed by atoms with E-state index in [9.17, 15) is 0 Å². The number of likely N-dealkylation sites (N-methyl/N-ethyl adjacent to an activating group) is 1. The van der Waals surface area contributed by atoms with E-state index in [1.165, 1.54) is 51.4 Å². The standard InChI is InChI=1S/C14H29NO.C13H27NO/c1-14(2,3)12-6-8-13(9-7-12)15(4)10-11-16-5;1-13(2,3)11-6-8-12(9-7-11)14(4)10-15-5/h12-13H,6-11H2,1-5H3;11-12H,6-10H2,1-5H3. The Morgan fingerprint density at radius 3 is 1.32 bits per heavy atom. The van der Waals surface area contributed by atoms with E-state index < -0.39 is 0 Å². The van der Waals surface area contributed by atoms with Crippen molar-refractivity contribution in [2.24, 2.45) is 22.7 Å². The van der Waals surface area contributed by atoms with Gasteiger partial charge in [-0.05, 0) is 88.1 Å². The number of hydrogen-bond acceptors (Lipinski definition) is 4. The van der Waals surface area contributed by atoms with Crippen LogP contribution >= 0.6 is 0 Å². The molecule has 2 aliphatic rings. The van der Waals surface area contributed by atoms with Crippen LogP contribution in [-0.4, -0.2) is 70.1 Å². The molecule has 0 aliphatic heterocycles. The lowest BCUT2D eigenvalue weighted by Gasteiger charge is -2.40. The Hall–Kier alpha value is -0.160. The average Bonchev–Trinajstić information content (AvgIpc) is 2.71. The summed E-state index contributed by atoms with van der Waals surface area (Å²) >= 11 is 0. The van der Waals surface area contributed by atoms with Crippen LogP contribution in [0.1, 0.15) is 92.9 Å². The van der Waals surface area contributed by atoms with E-state index in [-0.39, 0.29) is 0 Å². The summed E-state index contributed by atoms with van der Waals surface area (Å²) < 4.78 is 10.3. The van der Waals surface area contributed by atoms with Crippen LogP contribution in [0.2, 0.25) is 0 Å². The van der Waals surface area contributed by atoms with E-state index in [0.717, 1.165) is 43.8 Å². The molecule has 2 fully saturated rings. The van der Waals surface area contributed by atoms with Gasteiger partial charge in [0.25, 0.3) is 0 Å². The van der Waals surface area contributed by atoms with E-state index in [0.29, 0.717) is 10.8 Å². The summed E-state index contributed by atoms with van der Waals surface area (Å²) in [5.41, 5.74) is 0.987. The zero-order chi connectivity index (χ0) is 23.7. The van der Waals surface area contributed by atoms with E-state index in [2.05, 4.69) is 65.4 Å². The van der Waals surface area contributed by atoms with Gasteiger partial charge in [-0.15, -0.1) is 0 Å². The Morgan fingerprint density at radius 1 is 0.613 bits per heavy atom. The fourth-order valence-corrected chi connectivity index (χ4v) is 5.49. The molecule has 0 aromatic rings. The molecule has 4 nitrogen and oxygen atoms in total. The molecular weight excluding hydrogens is 384 g/mol. The van der Waals surface area contributed by atoms with Gasteiger partial charge in [-0.2, -0.15) is 0 Å². The van der Waals surface area contributed by atoms with Gasteiger partial charge in [0.05, 0.1) is 13.3 Å². The van der Waals surface area contributed by atoms with Crippen LogP contribution in [0.5, 0.6) is 0 Å². The molecule has 0 aromatic heterocycles. The largest absolute Gasteiger partial charge is 0.383 e. The Bertz CT molecular complexity index is 453. The van der Waals surface area contributed by atoms with Gasteiger partial charge in [0.15, 0.2) is 0 Å². The topological polar surface area (TPSA) is 24.9 Å². The van der Waals surface area contributed by atoms with Gasteiger partial charge < -0.3 is 14.4 Å². The summed E-state index contributed by atoms with van der Waals surface area (Å²) in [6.07, 6.45) is 10.9. The van der Waals surface area contributed by atoms with Crippen molar-refractivity contribution in [1.82, 2.24) is 9.80 Å². The molecule has 31 heavy (non-hydrogen) atoms. The average molecular weight is 441 g/mol. The third-order valence-corrected chi connectivity index (χ3v) is 8.07. The highest BCUT2D eigenvalue weighted by atomic mass is 16.5. The lowest BCUT2D eigenvalue weighted by Crippen LogP contribution is -2.39. The maximum atomic E-state index is 5.18. The van der Waals surface area contributed by atoms with Crippen molar-refractivity contribution in [3.05, 3.63) is 0 Å². The molecule has 0 unspecified atom stereocenters. The molecule has 0 N–H and O–H groups in total. The Kier molecular flexibility index (Phi) is 12.6. The molecule has 0 radical (unpaired) electrons. The van der Waals surface area contributed by atoms with Crippen molar-refractivity contribution in [2.75, 3.05) is 48.2 Å². The number of methoxy groups -OCH3 is 2. The lowest BCUT2D eigenvalue weighted by atomic mass is 9.71. The van der Waals surface area contributed by atoms with Crippen LogP contribution in [0.4, 0.5) is 0 Å². The molecule has 186 valence electrons. The monoisotopic (exact) mass is 440 g/mol. The number of ether oxygens (including phenoxy) is 2. The molecule has 2 rings (SSSR count). The summed E-state index contributed by atoms with van der Waals surface area (Å²) in [6, 6.07) is 1.53. The van der Waals surface area contributed by atoms with E-state index in [1.807, 2.05) is 0 Å². The maximum Gasteiger partial charge on any atom is 0.0986 e. The second-order valence-electron chi connectivity index (χ2n) is 12.4. The second kappa shape index (κ2) is 13.5. The van der Waals surface area contributed by atoms with Gasteiger partial charge in [-0.1, -0.05) is 41.5 Å². The Labute approximate surface area is 195 Å². The highest BCUT2D eigenvalue weighted by Gasteiger charge is 2.31. The van der Waals surface area contributed by atoms with Crippen LogP contribution in [0, 0.1) is 22.7 Å². The quantitative estimate of drug-likeness (QED) is 0.434. The van der Waals surface area contributed by atoms with E-state index in [1.54, 1.807) is 14.2 Å². The minimum absolute atomic E-state index is 0.491. The van der Waals surface area contributed by atoms with Gasteiger partial charge in [-0.3, -0.25) is 4.90 Å². The van der Waals surface area contributed by atoms with Crippen molar-refractivity contribution < 1.29 is 9.47 Å². The number of nitrogens with zero attached hydrogens (tertiary/aromatic N) is 2. The zero-order valence-corrected chi connectivity index (χ0v) is 22.8. The molecule has 0 aromatic carbocycles. The van der Waals surface area contributed by atoms with E-state index >= 15 is 0 Å². The summed E-state index contributed by atoms with van der Waals surface area (Å²) in [6.45, 7) is 17.0. The minimum atomic E-state index is 0.491. The van der Waals surface area contributed by atoms with Crippen molar-refractivity contribution >= 4 is 0 Å². The van der Waals surface area contributed by atoms with E-state index in [4.69, 9.17) is 9.47 Å². The highest BCUT2D eigenvalue weighted by molar-refractivity contribution is 4.84. The molecule has 0 heterocycles. The van der Waals surface area contributed by atoms with Crippen molar-refractivity contribution in [3.63, 3.8) is 0 Å². The van der Waals surface area contributed by atoms with Crippen molar-refractivity contribution in [3.8, 4) is 0 Å². The molecule has 0 bridgehead atoms. The normalized spacial score (nSPS) is 27.9. The summed E-state index contributed by atoms with van der Waals surface area (Å²) in [5, 5.41) is 0. The van der Waals surface area contributed by atoms with Crippen LogP contribution in [-0.2, 0) is 9.47 Å². The SMILES string of the molecule is COCCN(C)C1CCC(C(C)(C)C)CC1.COCN(C)C1CCC(C(C)(C)C)CC1. The third-order valence-electron chi connectivity index (χ3n) is 8.07. The van der Waals surface area contributed by atoms with Crippen LogP contribution < -0.4 is 0 Å². The first-order chi connectivity index (χ1) is 14.4. The third kappa shape index (κ3) is 10.5. The predicted octanol–water partition coefficient (Wildman–Crippen LogP) is 6.30. The predicted molar refractivity (Wildman–Crippen MR) is 135 cm³/mol. The molecule has 0 atom stereocenters. The van der Waals surface area contributed by atoms with Gasteiger partial charge in [0.1, 0.15) is 0 Å². The lowest BCUT2D eigenvalue weighted by molar-refractivity contribution is 0.0261. The first-order valence-electron chi connectivity index (χ1n) is 12.8. The number of hydrogen-bond donors (Lipinski definition) is 0. The molecule has 2 aliphatic carbocycles.